The van der Waals surface area contributed by atoms with Crippen LogP contribution in [-0.2, 0) is 0 Å². The molecule has 116 valence electrons. The average Bonchev–Trinajstić information content (AvgIpc) is 2.40. The van der Waals surface area contributed by atoms with Gasteiger partial charge in [-0.2, -0.15) is 0 Å². The molecule has 1 aliphatic heterocycles. The molecule has 0 unspecified atom stereocenters. The van der Waals surface area contributed by atoms with Crippen molar-refractivity contribution in [2.75, 3.05) is 32.7 Å². The van der Waals surface area contributed by atoms with Gasteiger partial charge in [0.2, 0.25) is 0 Å². The molecule has 0 radical (unpaired) electrons. The third kappa shape index (κ3) is 4.22. The van der Waals surface area contributed by atoms with Gasteiger partial charge >= 0.3 is 0 Å². The molecule has 1 fully saturated rings. The Bertz CT molecular complexity index is 520. The SMILES string of the molecule is CC(C)(N)CN1CCN(C(=O)c2ccc(F)c(F)c2)CC1. The molecule has 1 aromatic rings. The highest BCUT2D eigenvalue weighted by Crippen LogP contribution is 2.13. The maximum Gasteiger partial charge on any atom is 0.254 e. The van der Waals surface area contributed by atoms with Crippen molar-refractivity contribution in [1.82, 2.24) is 9.80 Å². The Hall–Kier alpha value is -1.53. The van der Waals surface area contributed by atoms with Crippen LogP contribution < -0.4 is 5.73 Å². The van der Waals surface area contributed by atoms with E-state index < -0.39 is 11.6 Å². The number of carbonyl (C=O) groups excluding carboxylic acids is 1. The lowest BCUT2D eigenvalue weighted by atomic mass is 10.1. The van der Waals surface area contributed by atoms with Crippen molar-refractivity contribution in [3.05, 3.63) is 35.4 Å². The fourth-order valence-corrected chi connectivity index (χ4v) is 2.50. The summed E-state index contributed by atoms with van der Waals surface area (Å²) in [4.78, 5) is 16.1. The highest BCUT2D eigenvalue weighted by molar-refractivity contribution is 5.94. The van der Waals surface area contributed by atoms with Crippen LogP contribution in [0.3, 0.4) is 0 Å². The van der Waals surface area contributed by atoms with Gasteiger partial charge in [-0.15, -0.1) is 0 Å². The van der Waals surface area contributed by atoms with E-state index in [1.165, 1.54) is 6.07 Å². The molecule has 1 amide bonds. The monoisotopic (exact) mass is 297 g/mol. The number of piperazine rings is 1. The number of amides is 1. The van der Waals surface area contributed by atoms with Gasteiger partial charge < -0.3 is 10.6 Å². The number of hydrogen-bond donors (Lipinski definition) is 1. The number of halogens is 2. The zero-order chi connectivity index (χ0) is 15.6. The molecular formula is C15H21F2N3O. The Kier molecular flexibility index (Phi) is 4.58. The van der Waals surface area contributed by atoms with E-state index in [1.54, 1.807) is 4.90 Å². The molecule has 1 aliphatic rings. The first kappa shape index (κ1) is 15.9. The van der Waals surface area contributed by atoms with Gasteiger partial charge in [-0.05, 0) is 32.0 Å². The van der Waals surface area contributed by atoms with Crippen LogP contribution in [0.25, 0.3) is 0 Å². The van der Waals surface area contributed by atoms with Crippen LogP contribution in [0.2, 0.25) is 0 Å². The number of benzene rings is 1. The highest BCUT2D eigenvalue weighted by atomic mass is 19.2. The van der Waals surface area contributed by atoms with E-state index in [0.29, 0.717) is 13.1 Å². The zero-order valence-corrected chi connectivity index (χ0v) is 12.4. The van der Waals surface area contributed by atoms with Crippen LogP contribution in [0.15, 0.2) is 18.2 Å². The molecule has 0 bridgehead atoms. The van der Waals surface area contributed by atoms with Crippen LogP contribution in [0.4, 0.5) is 8.78 Å². The summed E-state index contributed by atoms with van der Waals surface area (Å²) >= 11 is 0. The third-order valence-electron chi connectivity index (χ3n) is 3.46. The largest absolute Gasteiger partial charge is 0.336 e. The van der Waals surface area contributed by atoms with Gasteiger partial charge in [-0.3, -0.25) is 9.69 Å². The Balaban J connectivity index is 1.95. The summed E-state index contributed by atoms with van der Waals surface area (Å²) in [7, 11) is 0. The number of rotatable bonds is 3. The first-order valence-electron chi connectivity index (χ1n) is 7.02. The molecular weight excluding hydrogens is 276 g/mol. The molecule has 0 saturated carbocycles. The minimum Gasteiger partial charge on any atom is -0.336 e. The summed E-state index contributed by atoms with van der Waals surface area (Å²) in [5, 5.41) is 0. The highest BCUT2D eigenvalue weighted by Gasteiger charge is 2.25. The molecule has 1 aromatic carbocycles. The molecule has 21 heavy (non-hydrogen) atoms. The van der Waals surface area contributed by atoms with Gasteiger partial charge in [0.15, 0.2) is 11.6 Å². The predicted octanol–water partition coefficient (Wildman–Crippen LogP) is 1.46. The topological polar surface area (TPSA) is 49.6 Å². The number of hydrogen-bond acceptors (Lipinski definition) is 3. The van der Waals surface area contributed by atoms with Crippen molar-refractivity contribution >= 4 is 5.91 Å². The number of nitrogens with zero attached hydrogens (tertiary/aromatic N) is 2. The predicted molar refractivity (Wildman–Crippen MR) is 77.0 cm³/mol. The molecule has 1 heterocycles. The summed E-state index contributed by atoms with van der Waals surface area (Å²) in [6.07, 6.45) is 0. The second kappa shape index (κ2) is 6.07. The quantitative estimate of drug-likeness (QED) is 0.919. The van der Waals surface area contributed by atoms with E-state index in [4.69, 9.17) is 5.73 Å². The second-order valence-corrected chi connectivity index (χ2v) is 6.19. The van der Waals surface area contributed by atoms with E-state index >= 15 is 0 Å². The van der Waals surface area contributed by atoms with Crippen molar-refractivity contribution < 1.29 is 13.6 Å². The fourth-order valence-electron chi connectivity index (χ4n) is 2.50. The first-order valence-corrected chi connectivity index (χ1v) is 7.02. The molecule has 2 rings (SSSR count). The van der Waals surface area contributed by atoms with Gasteiger partial charge in [0, 0.05) is 43.8 Å². The number of nitrogens with two attached hydrogens (primary N) is 1. The molecule has 6 heteroatoms. The van der Waals surface area contributed by atoms with Crippen molar-refractivity contribution in [2.45, 2.75) is 19.4 Å². The molecule has 2 N–H and O–H groups in total. The van der Waals surface area contributed by atoms with Gasteiger partial charge in [0.1, 0.15) is 0 Å². The fraction of sp³-hybridized carbons (Fsp3) is 0.533. The molecule has 1 saturated heterocycles. The summed E-state index contributed by atoms with van der Waals surface area (Å²) in [6.45, 7) is 7.28. The van der Waals surface area contributed by atoms with Gasteiger partial charge in [0.25, 0.3) is 5.91 Å². The second-order valence-electron chi connectivity index (χ2n) is 6.19. The van der Waals surface area contributed by atoms with Gasteiger partial charge in [0.05, 0.1) is 0 Å². The molecule has 0 aromatic heterocycles. The lowest BCUT2D eigenvalue weighted by molar-refractivity contribution is 0.0615. The van der Waals surface area contributed by atoms with Crippen molar-refractivity contribution in [3.63, 3.8) is 0 Å². The van der Waals surface area contributed by atoms with E-state index in [-0.39, 0.29) is 17.0 Å². The first-order chi connectivity index (χ1) is 9.76. The average molecular weight is 297 g/mol. The Labute approximate surface area is 123 Å². The summed E-state index contributed by atoms with van der Waals surface area (Å²) < 4.78 is 26.1. The summed E-state index contributed by atoms with van der Waals surface area (Å²) in [5.74, 6) is -2.20. The van der Waals surface area contributed by atoms with E-state index in [9.17, 15) is 13.6 Å². The molecule has 0 atom stereocenters. The van der Waals surface area contributed by atoms with E-state index in [2.05, 4.69) is 4.90 Å². The standard InChI is InChI=1S/C15H21F2N3O/c1-15(2,18)10-19-5-7-20(8-6-19)14(21)11-3-4-12(16)13(17)9-11/h3-4,9H,5-8,10,18H2,1-2H3. The van der Waals surface area contributed by atoms with Crippen LogP contribution in [0.1, 0.15) is 24.2 Å². The zero-order valence-electron chi connectivity index (χ0n) is 12.4. The van der Waals surface area contributed by atoms with Crippen molar-refractivity contribution in [3.8, 4) is 0 Å². The maximum absolute atomic E-state index is 13.2. The van der Waals surface area contributed by atoms with E-state index in [0.717, 1.165) is 31.8 Å². The lowest BCUT2D eigenvalue weighted by Crippen LogP contribution is -2.54. The minimum atomic E-state index is -0.996. The minimum absolute atomic E-state index is 0.182. The van der Waals surface area contributed by atoms with Crippen molar-refractivity contribution in [2.24, 2.45) is 5.73 Å². The Morgan fingerprint density at radius 1 is 1.19 bits per heavy atom. The van der Waals surface area contributed by atoms with Crippen LogP contribution in [0.5, 0.6) is 0 Å². The smallest absolute Gasteiger partial charge is 0.254 e. The Morgan fingerprint density at radius 2 is 1.81 bits per heavy atom. The van der Waals surface area contributed by atoms with Crippen molar-refractivity contribution in [1.29, 1.82) is 0 Å². The molecule has 0 aliphatic carbocycles. The summed E-state index contributed by atoms with van der Waals surface area (Å²) in [6, 6.07) is 3.25. The van der Waals surface area contributed by atoms with Crippen LogP contribution in [-0.4, -0.2) is 54.0 Å². The number of carbonyl (C=O) groups is 1. The third-order valence-corrected chi connectivity index (χ3v) is 3.46. The van der Waals surface area contributed by atoms with Crippen LogP contribution in [0, 0.1) is 11.6 Å². The maximum atomic E-state index is 13.2. The van der Waals surface area contributed by atoms with Gasteiger partial charge in [-0.25, -0.2) is 8.78 Å². The molecule has 4 nitrogen and oxygen atoms in total. The van der Waals surface area contributed by atoms with Crippen LogP contribution >= 0.6 is 0 Å². The summed E-state index contributed by atoms with van der Waals surface area (Å²) in [5.41, 5.74) is 5.89. The normalized spacial score (nSPS) is 17.1. The van der Waals surface area contributed by atoms with E-state index in [1.807, 2.05) is 13.8 Å². The molecule has 0 spiro atoms. The lowest BCUT2D eigenvalue weighted by Gasteiger charge is -2.37. The van der Waals surface area contributed by atoms with Gasteiger partial charge in [-0.1, -0.05) is 0 Å². The Morgan fingerprint density at radius 3 is 2.33 bits per heavy atom.